The number of benzene rings is 2. The third-order valence-electron chi connectivity index (χ3n) is 7.22. The van der Waals surface area contributed by atoms with E-state index >= 15 is 0 Å². The highest BCUT2D eigenvalue weighted by atomic mass is 16.5. The first-order chi connectivity index (χ1) is 16.1. The third kappa shape index (κ3) is 3.90. The minimum absolute atomic E-state index is 0.0433. The summed E-state index contributed by atoms with van der Waals surface area (Å²) in [6, 6.07) is 13.7. The Morgan fingerprint density at radius 3 is 2.45 bits per heavy atom. The maximum atomic E-state index is 13.3. The number of carbonyl (C=O) groups is 2. The maximum absolute atomic E-state index is 13.3. The smallest absolute Gasteiger partial charge is 0.257 e. The summed E-state index contributed by atoms with van der Waals surface area (Å²) in [6.07, 6.45) is 3.30. The van der Waals surface area contributed by atoms with Crippen LogP contribution in [0.25, 0.3) is 0 Å². The Morgan fingerprint density at radius 2 is 1.76 bits per heavy atom. The van der Waals surface area contributed by atoms with Gasteiger partial charge in [0, 0.05) is 50.5 Å². The number of rotatable bonds is 4. The zero-order chi connectivity index (χ0) is 22.9. The van der Waals surface area contributed by atoms with Crippen LogP contribution in [0.4, 0.5) is 11.4 Å². The fraction of sp³-hybridized carbons (Fsp3) is 0.462. The first-order valence-corrected chi connectivity index (χ1v) is 12.0. The number of amides is 2. The SMILES string of the molecule is CCN1c2cc(C(=O)N3CCN(c4ccc(OC)cc4)CC3)ccc2C(=O)N2CCCCC21. The number of fused-ring (bicyclic) bond motifs is 2. The highest BCUT2D eigenvalue weighted by Gasteiger charge is 2.38. The van der Waals surface area contributed by atoms with E-state index in [1.165, 1.54) is 0 Å². The van der Waals surface area contributed by atoms with Crippen LogP contribution in [0.5, 0.6) is 5.75 Å². The van der Waals surface area contributed by atoms with E-state index in [-0.39, 0.29) is 18.0 Å². The summed E-state index contributed by atoms with van der Waals surface area (Å²) in [5.41, 5.74) is 3.44. The first-order valence-electron chi connectivity index (χ1n) is 12.0. The lowest BCUT2D eigenvalue weighted by Crippen LogP contribution is -2.57. The number of piperazine rings is 1. The number of ether oxygens (including phenoxy) is 1. The molecule has 0 N–H and O–H groups in total. The molecule has 3 aliphatic rings. The molecule has 5 rings (SSSR count). The van der Waals surface area contributed by atoms with Crippen molar-refractivity contribution in [2.75, 3.05) is 56.2 Å². The zero-order valence-electron chi connectivity index (χ0n) is 19.5. The molecule has 33 heavy (non-hydrogen) atoms. The van der Waals surface area contributed by atoms with Gasteiger partial charge in [0.15, 0.2) is 0 Å². The highest BCUT2D eigenvalue weighted by Crippen LogP contribution is 2.36. The van der Waals surface area contributed by atoms with E-state index in [9.17, 15) is 9.59 Å². The Bertz CT molecular complexity index is 1030. The van der Waals surface area contributed by atoms with Crippen molar-refractivity contribution in [3.8, 4) is 5.75 Å². The van der Waals surface area contributed by atoms with Gasteiger partial charge in [0.1, 0.15) is 11.9 Å². The summed E-state index contributed by atoms with van der Waals surface area (Å²) in [5.74, 6) is 0.990. The fourth-order valence-electron chi connectivity index (χ4n) is 5.40. The number of anilines is 2. The molecule has 1 unspecified atom stereocenters. The van der Waals surface area contributed by atoms with E-state index in [0.717, 1.165) is 68.1 Å². The van der Waals surface area contributed by atoms with Crippen LogP contribution in [-0.2, 0) is 0 Å². The van der Waals surface area contributed by atoms with Gasteiger partial charge in [-0.25, -0.2) is 0 Å². The topological polar surface area (TPSA) is 56.3 Å². The molecule has 3 heterocycles. The highest BCUT2D eigenvalue weighted by molar-refractivity contribution is 6.04. The molecule has 7 heteroatoms. The van der Waals surface area contributed by atoms with Gasteiger partial charge in [-0.3, -0.25) is 9.59 Å². The second-order valence-corrected chi connectivity index (χ2v) is 8.97. The van der Waals surface area contributed by atoms with Gasteiger partial charge in [-0.15, -0.1) is 0 Å². The number of hydrogen-bond donors (Lipinski definition) is 0. The third-order valence-corrected chi connectivity index (χ3v) is 7.22. The van der Waals surface area contributed by atoms with Gasteiger partial charge in [0.05, 0.1) is 18.4 Å². The molecule has 0 radical (unpaired) electrons. The first kappa shape index (κ1) is 21.6. The molecule has 174 valence electrons. The van der Waals surface area contributed by atoms with Crippen molar-refractivity contribution in [2.24, 2.45) is 0 Å². The number of piperidine rings is 1. The van der Waals surface area contributed by atoms with Gasteiger partial charge in [0.25, 0.3) is 11.8 Å². The van der Waals surface area contributed by atoms with Gasteiger partial charge in [-0.1, -0.05) is 0 Å². The van der Waals surface area contributed by atoms with Crippen LogP contribution < -0.4 is 14.5 Å². The Labute approximate surface area is 195 Å². The number of carbonyl (C=O) groups excluding carboxylic acids is 2. The van der Waals surface area contributed by atoms with Gasteiger partial charge >= 0.3 is 0 Å². The number of nitrogens with zero attached hydrogens (tertiary/aromatic N) is 4. The normalized spacial score (nSPS) is 20.4. The second kappa shape index (κ2) is 8.96. The van der Waals surface area contributed by atoms with Gasteiger partial charge in [-0.05, 0) is 68.7 Å². The molecule has 0 saturated carbocycles. The predicted molar refractivity (Wildman–Crippen MR) is 129 cm³/mol. The van der Waals surface area contributed by atoms with E-state index in [1.807, 2.05) is 40.1 Å². The Morgan fingerprint density at radius 1 is 1.00 bits per heavy atom. The number of methoxy groups -OCH3 is 1. The van der Waals surface area contributed by atoms with E-state index in [1.54, 1.807) is 7.11 Å². The molecule has 2 aromatic rings. The van der Waals surface area contributed by atoms with Crippen LogP contribution in [0.2, 0.25) is 0 Å². The largest absolute Gasteiger partial charge is 0.497 e. The predicted octanol–water partition coefficient (Wildman–Crippen LogP) is 3.45. The van der Waals surface area contributed by atoms with E-state index in [0.29, 0.717) is 18.7 Å². The number of hydrogen-bond acceptors (Lipinski definition) is 5. The summed E-state index contributed by atoms with van der Waals surface area (Å²) in [7, 11) is 1.67. The molecule has 0 aliphatic carbocycles. The lowest BCUT2D eigenvalue weighted by molar-refractivity contribution is 0.0581. The summed E-state index contributed by atoms with van der Waals surface area (Å²) >= 11 is 0. The molecule has 2 aromatic carbocycles. The maximum Gasteiger partial charge on any atom is 0.257 e. The monoisotopic (exact) mass is 448 g/mol. The second-order valence-electron chi connectivity index (χ2n) is 8.97. The van der Waals surface area contributed by atoms with E-state index < -0.39 is 0 Å². The zero-order valence-corrected chi connectivity index (χ0v) is 19.5. The summed E-state index contributed by atoms with van der Waals surface area (Å²) in [4.78, 5) is 35.0. The average molecular weight is 449 g/mol. The quantitative estimate of drug-likeness (QED) is 0.717. The lowest BCUT2D eigenvalue weighted by atomic mass is 9.97. The standard InChI is InChI=1S/C26H32N4O3/c1-3-29-23-18-19(7-12-22(23)26(32)30-13-5-4-6-24(29)30)25(31)28-16-14-27(15-17-28)20-8-10-21(33-2)11-9-20/h7-12,18,24H,3-6,13-17H2,1-2H3. The summed E-state index contributed by atoms with van der Waals surface area (Å²) < 4.78 is 5.25. The molecule has 2 amide bonds. The average Bonchev–Trinajstić information content (AvgIpc) is 2.88. The molecule has 0 bridgehead atoms. The van der Waals surface area contributed by atoms with E-state index in [4.69, 9.17) is 4.74 Å². The molecule has 0 aromatic heterocycles. The fourth-order valence-corrected chi connectivity index (χ4v) is 5.40. The molecule has 1 atom stereocenters. The molecular weight excluding hydrogens is 416 g/mol. The van der Waals surface area contributed by atoms with Crippen molar-refractivity contribution >= 4 is 23.2 Å². The molecule has 7 nitrogen and oxygen atoms in total. The summed E-state index contributed by atoms with van der Waals surface area (Å²) in [6.45, 7) is 6.69. The van der Waals surface area contributed by atoms with Crippen molar-refractivity contribution < 1.29 is 14.3 Å². The van der Waals surface area contributed by atoms with Crippen molar-refractivity contribution in [3.63, 3.8) is 0 Å². The van der Waals surface area contributed by atoms with Gasteiger partial charge in [-0.2, -0.15) is 0 Å². The molecule has 2 saturated heterocycles. The van der Waals surface area contributed by atoms with Crippen molar-refractivity contribution in [3.05, 3.63) is 53.6 Å². The van der Waals surface area contributed by atoms with Crippen LogP contribution >= 0.6 is 0 Å². The van der Waals surface area contributed by atoms with Gasteiger partial charge in [0.2, 0.25) is 0 Å². The Hall–Kier alpha value is -3.22. The molecule has 0 spiro atoms. The van der Waals surface area contributed by atoms with Crippen molar-refractivity contribution in [1.29, 1.82) is 0 Å². The van der Waals surface area contributed by atoms with Crippen LogP contribution in [0, 0.1) is 0 Å². The van der Waals surface area contributed by atoms with Crippen LogP contribution in [-0.4, -0.2) is 74.2 Å². The molecule has 3 aliphatic heterocycles. The minimum atomic E-state index is 0.0433. The van der Waals surface area contributed by atoms with Crippen molar-refractivity contribution in [1.82, 2.24) is 9.80 Å². The minimum Gasteiger partial charge on any atom is -0.497 e. The van der Waals surface area contributed by atoms with Crippen LogP contribution in [0.3, 0.4) is 0 Å². The van der Waals surface area contributed by atoms with Gasteiger partial charge < -0.3 is 24.3 Å². The summed E-state index contributed by atoms with van der Waals surface area (Å²) in [5, 5.41) is 0. The van der Waals surface area contributed by atoms with Crippen molar-refractivity contribution in [2.45, 2.75) is 32.4 Å². The van der Waals surface area contributed by atoms with E-state index in [2.05, 4.69) is 28.9 Å². The van der Waals surface area contributed by atoms with Crippen LogP contribution in [0.1, 0.15) is 46.9 Å². The molecule has 2 fully saturated rings. The van der Waals surface area contributed by atoms with Crippen LogP contribution in [0.15, 0.2) is 42.5 Å². The Balaban J connectivity index is 1.31. The molecular formula is C26H32N4O3. The lowest BCUT2D eigenvalue weighted by Gasteiger charge is -2.47. The Kier molecular flexibility index (Phi) is 5.87.